The lowest BCUT2D eigenvalue weighted by molar-refractivity contribution is -0.136. The van der Waals surface area contributed by atoms with Gasteiger partial charge in [0.05, 0.1) is 5.69 Å². The van der Waals surface area contributed by atoms with E-state index in [2.05, 4.69) is 11.9 Å². The molecule has 0 N–H and O–H groups in total. The van der Waals surface area contributed by atoms with E-state index in [4.69, 9.17) is 4.74 Å². The van der Waals surface area contributed by atoms with Crippen molar-refractivity contribution in [3.63, 3.8) is 0 Å². The standard InChI is InChI=1S/C21H26N2O3S/c1-14-9-11-17(12-10-14)23(3)18(24)13-26-21(25)19-15(2)22-20(27-19)16-7-5-4-6-8-16/h4-8,14,17H,9-13H2,1-3H3. The highest BCUT2D eigenvalue weighted by atomic mass is 32.1. The van der Waals surface area contributed by atoms with Crippen LogP contribution in [0.25, 0.3) is 10.6 Å². The lowest BCUT2D eigenvalue weighted by atomic mass is 9.87. The van der Waals surface area contributed by atoms with Crippen molar-refractivity contribution in [3.8, 4) is 10.6 Å². The van der Waals surface area contributed by atoms with Crippen LogP contribution in [0.5, 0.6) is 0 Å². The number of rotatable bonds is 5. The summed E-state index contributed by atoms with van der Waals surface area (Å²) in [5.74, 6) is 0.107. The number of amides is 1. The number of carbonyl (C=O) groups is 2. The number of hydrogen-bond acceptors (Lipinski definition) is 5. The van der Waals surface area contributed by atoms with Crippen molar-refractivity contribution in [2.45, 2.75) is 45.6 Å². The number of ether oxygens (including phenoxy) is 1. The molecule has 1 heterocycles. The van der Waals surface area contributed by atoms with Crippen LogP contribution in [0.4, 0.5) is 0 Å². The van der Waals surface area contributed by atoms with Gasteiger partial charge in [0.2, 0.25) is 0 Å². The zero-order valence-electron chi connectivity index (χ0n) is 16.1. The maximum absolute atomic E-state index is 12.4. The number of aromatic nitrogens is 1. The third kappa shape index (κ3) is 4.75. The second-order valence-corrected chi connectivity index (χ2v) is 8.29. The first-order valence-corrected chi connectivity index (χ1v) is 10.2. The summed E-state index contributed by atoms with van der Waals surface area (Å²) in [5.41, 5.74) is 1.60. The summed E-state index contributed by atoms with van der Waals surface area (Å²) in [7, 11) is 1.81. The molecule has 27 heavy (non-hydrogen) atoms. The largest absolute Gasteiger partial charge is 0.451 e. The van der Waals surface area contributed by atoms with Gasteiger partial charge >= 0.3 is 5.97 Å². The van der Waals surface area contributed by atoms with E-state index in [0.717, 1.165) is 42.2 Å². The Balaban J connectivity index is 1.58. The molecular weight excluding hydrogens is 360 g/mol. The van der Waals surface area contributed by atoms with Crippen molar-refractivity contribution in [1.29, 1.82) is 0 Å². The zero-order chi connectivity index (χ0) is 19.4. The maximum atomic E-state index is 12.4. The minimum Gasteiger partial charge on any atom is -0.451 e. The maximum Gasteiger partial charge on any atom is 0.350 e. The molecule has 1 amide bonds. The van der Waals surface area contributed by atoms with Crippen molar-refractivity contribution in [1.82, 2.24) is 9.88 Å². The van der Waals surface area contributed by atoms with Gasteiger partial charge in [-0.2, -0.15) is 0 Å². The first-order valence-electron chi connectivity index (χ1n) is 9.41. The topological polar surface area (TPSA) is 59.5 Å². The van der Waals surface area contributed by atoms with Gasteiger partial charge in [0.25, 0.3) is 5.91 Å². The van der Waals surface area contributed by atoms with Crippen LogP contribution in [0.15, 0.2) is 30.3 Å². The molecule has 5 nitrogen and oxygen atoms in total. The van der Waals surface area contributed by atoms with Gasteiger partial charge < -0.3 is 9.64 Å². The molecule has 0 saturated heterocycles. The van der Waals surface area contributed by atoms with Gasteiger partial charge in [-0.05, 0) is 38.5 Å². The van der Waals surface area contributed by atoms with Crippen LogP contribution >= 0.6 is 11.3 Å². The molecule has 0 spiro atoms. The van der Waals surface area contributed by atoms with Gasteiger partial charge in [-0.1, -0.05) is 37.3 Å². The molecule has 0 atom stereocenters. The highest BCUT2D eigenvalue weighted by Gasteiger charge is 2.26. The highest BCUT2D eigenvalue weighted by molar-refractivity contribution is 7.17. The lowest BCUT2D eigenvalue weighted by Crippen LogP contribution is -2.41. The highest BCUT2D eigenvalue weighted by Crippen LogP contribution is 2.29. The number of aryl methyl sites for hydroxylation is 1. The van der Waals surface area contributed by atoms with E-state index in [9.17, 15) is 9.59 Å². The molecule has 0 unspecified atom stereocenters. The van der Waals surface area contributed by atoms with E-state index >= 15 is 0 Å². The number of nitrogens with zero attached hydrogens (tertiary/aromatic N) is 2. The number of esters is 1. The molecule has 6 heteroatoms. The second-order valence-electron chi connectivity index (χ2n) is 7.29. The van der Waals surface area contributed by atoms with Crippen molar-refractivity contribution < 1.29 is 14.3 Å². The molecule has 1 saturated carbocycles. The number of carbonyl (C=O) groups excluding carboxylic acids is 2. The quantitative estimate of drug-likeness (QED) is 0.719. The van der Waals surface area contributed by atoms with E-state index in [1.807, 2.05) is 37.4 Å². The lowest BCUT2D eigenvalue weighted by Gasteiger charge is -2.33. The molecule has 1 fully saturated rings. The molecule has 1 aliphatic rings. The summed E-state index contributed by atoms with van der Waals surface area (Å²) in [4.78, 5) is 31.5. The summed E-state index contributed by atoms with van der Waals surface area (Å²) in [6.07, 6.45) is 4.33. The fourth-order valence-electron chi connectivity index (χ4n) is 3.42. The van der Waals surface area contributed by atoms with E-state index in [1.165, 1.54) is 11.3 Å². The smallest absolute Gasteiger partial charge is 0.350 e. The van der Waals surface area contributed by atoms with E-state index in [-0.39, 0.29) is 18.6 Å². The number of benzene rings is 1. The minimum atomic E-state index is -0.480. The predicted octanol–water partition coefficient (Wildman–Crippen LogP) is 4.31. The summed E-state index contributed by atoms with van der Waals surface area (Å²) in [6.45, 7) is 3.82. The first kappa shape index (κ1) is 19.5. The number of thiazole rings is 1. The van der Waals surface area contributed by atoms with Gasteiger partial charge in [0.15, 0.2) is 6.61 Å². The second kappa shape index (κ2) is 8.65. The van der Waals surface area contributed by atoms with Gasteiger partial charge in [0.1, 0.15) is 9.88 Å². The van der Waals surface area contributed by atoms with Gasteiger partial charge in [0, 0.05) is 18.7 Å². The summed E-state index contributed by atoms with van der Waals surface area (Å²) >= 11 is 1.30. The Kier molecular flexibility index (Phi) is 6.26. The molecule has 0 radical (unpaired) electrons. The first-order chi connectivity index (χ1) is 13.0. The fraction of sp³-hybridized carbons (Fsp3) is 0.476. The number of hydrogen-bond donors (Lipinski definition) is 0. The van der Waals surface area contributed by atoms with E-state index in [0.29, 0.717) is 10.6 Å². The van der Waals surface area contributed by atoms with Crippen molar-refractivity contribution in [2.75, 3.05) is 13.7 Å². The molecule has 2 aromatic rings. The Bertz CT molecular complexity index is 795. The third-order valence-corrected chi connectivity index (χ3v) is 6.44. The van der Waals surface area contributed by atoms with Crippen LogP contribution in [0.1, 0.15) is 48.0 Å². The Morgan fingerprint density at radius 2 is 1.85 bits per heavy atom. The fourth-order valence-corrected chi connectivity index (χ4v) is 4.38. The molecular formula is C21H26N2O3S. The van der Waals surface area contributed by atoms with E-state index in [1.54, 1.807) is 11.8 Å². The molecule has 144 valence electrons. The Morgan fingerprint density at radius 3 is 2.52 bits per heavy atom. The SMILES string of the molecule is Cc1nc(-c2ccccc2)sc1C(=O)OCC(=O)N(C)C1CCC(C)CC1. The average Bonchev–Trinajstić information content (AvgIpc) is 3.08. The van der Waals surface area contributed by atoms with Crippen LogP contribution in [0.3, 0.4) is 0 Å². The summed E-state index contributed by atoms with van der Waals surface area (Å²) in [5, 5.41) is 0.778. The van der Waals surface area contributed by atoms with Gasteiger partial charge in [-0.3, -0.25) is 4.79 Å². The molecule has 1 aliphatic carbocycles. The van der Waals surface area contributed by atoms with E-state index < -0.39 is 5.97 Å². The minimum absolute atomic E-state index is 0.145. The Morgan fingerprint density at radius 1 is 1.19 bits per heavy atom. The monoisotopic (exact) mass is 386 g/mol. The summed E-state index contributed by atoms with van der Waals surface area (Å²) in [6, 6.07) is 9.97. The molecule has 0 aliphatic heterocycles. The van der Waals surface area contributed by atoms with Crippen LogP contribution < -0.4 is 0 Å². The Hall–Kier alpha value is -2.21. The van der Waals surface area contributed by atoms with Crippen LogP contribution in [-0.4, -0.2) is 41.5 Å². The molecule has 3 rings (SSSR count). The van der Waals surface area contributed by atoms with Crippen LogP contribution in [-0.2, 0) is 9.53 Å². The Labute approximate surface area is 164 Å². The predicted molar refractivity (Wildman–Crippen MR) is 107 cm³/mol. The van der Waals surface area contributed by atoms with Gasteiger partial charge in [-0.15, -0.1) is 11.3 Å². The van der Waals surface area contributed by atoms with Crippen molar-refractivity contribution in [3.05, 3.63) is 40.9 Å². The number of likely N-dealkylation sites (N-methyl/N-ethyl adjacent to an activating group) is 1. The molecule has 1 aromatic heterocycles. The van der Waals surface area contributed by atoms with Crippen molar-refractivity contribution in [2.24, 2.45) is 5.92 Å². The van der Waals surface area contributed by atoms with Gasteiger partial charge in [-0.25, -0.2) is 9.78 Å². The zero-order valence-corrected chi connectivity index (χ0v) is 16.9. The molecule has 0 bridgehead atoms. The summed E-state index contributed by atoms with van der Waals surface area (Å²) < 4.78 is 5.29. The normalized spacial score (nSPS) is 19.5. The molecule has 1 aromatic carbocycles. The third-order valence-electron chi connectivity index (χ3n) is 5.26. The van der Waals surface area contributed by atoms with Crippen LogP contribution in [0.2, 0.25) is 0 Å². The van der Waals surface area contributed by atoms with Crippen molar-refractivity contribution >= 4 is 23.2 Å². The van der Waals surface area contributed by atoms with Crippen LogP contribution in [0, 0.1) is 12.8 Å². The average molecular weight is 387 g/mol.